The topological polar surface area (TPSA) is 69.6 Å². The monoisotopic (exact) mass is 306 g/mol. The van der Waals surface area contributed by atoms with Crippen molar-refractivity contribution in [2.75, 3.05) is 19.0 Å². The zero-order valence-electron chi connectivity index (χ0n) is 13.6. The van der Waals surface area contributed by atoms with E-state index in [9.17, 15) is 9.59 Å². The molecule has 1 aromatic rings. The van der Waals surface area contributed by atoms with E-state index in [4.69, 9.17) is 5.11 Å². The maximum absolute atomic E-state index is 11.9. The zero-order valence-corrected chi connectivity index (χ0v) is 13.6. The predicted molar refractivity (Wildman–Crippen MR) is 88.2 cm³/mol. The number of hydrogen-bond donors (Lipinski definition) is 2. The van der Waals surface area contributed by atoms with Crippen LogP contribution in [0, 0.1) is 0 Å². The van der Waals surface area contributed by atoms with E-state index in [1.165, 1.54) is 0 Å². The van der Waals surface area contributed by atoms with Crippen molar-refractivity contribution >= 4 is 17.6 Å². The number of aryl methyl sites for hydroxylation is 1. The first kappa shape index (κ1) is 18.0. The lowest BCUT2D eigenvalue weighted by Gasteiger charge is -2.15. The molecule has 5 heteroatoms. The van der Waals surface area contributed by atoms with Gasteiger partial charge in [0.25, 0.3) is 0 Å². The molecule has 1 atom stereocenters. The smallest absolute Gasteiger partial charge is 0.326 e. The van der Waals surface area contributed by atoms with Gasteiger partial charge in [-0.1, -0.05) is 31.9 Å². The van der Waals surface area contributed by atoms with Crippen LogP contribution >= 0.6 is 0 Å². The Morgan fingerprint density at radius 3 is 2.64 bits per heavy atom. The van der Waals surface area contributed by atoms with Crippen molar-refractivity contribution in [2.45, 2.75) is 45.1 Å². The van der Waals surface area contributed by atoms with Crippen LogP contribution < -0.4 is 10.2 Å². The van der Waals surface area contributed by atoms with E-state index in [1.807, 2.05) is 50.2 Å². The number of carbonyl (C=O) groups excluding carboxylic acids is 1. The van der Waals surface area contributed by atoms with Crippen LogP contribution in [0.3, 0.4) is 0 Å². The highest BCUT2D eigenvalue weighted by Crippen LogP contribution is 2.14. The zero-order chi connectivity index (χ0) is 16.5. The molecule has 0 aromatic heterocycles. The first-order valence-electron chi connectivity index (χ1n) is 7.72. The van der Waals surface area contributed by atoms with Gasteiger partial charge in [0, 0.05) is 26.2 Å². The summed E-state index contributed by atoms with van der Waals surface area (Å²) in [4.78, 5) is 25.1. The maximum atomic E-state index is 11.9. The number of unbranched alkanes of at least 4 members (excludes halogenated alkanes) is 1. The van der Waals surface area contributed by atoms with E-state index in [0.717, 1.165) is 24.1 Å². The largest absolute Gasteiger partial charge is 0.480 e. The van der Waals surface area contributed by atoms with Crippen LogP contribution in [0.1, 0.15) is 38.2 Å². The number of hydrogen-bond acceptors (Lipinski definition) is 3. The Labute approximate surface area is 132 Å². The van der Waals surface area contributed by atoms with Crippen molar-refractivity contribution in [1.82, 2.24) is 5.32 Å². The van der Waals surface area contributed by atoms with Gasteiger partial charge < -0.3 is 15.3 Å². The Morgan fingerprint density at radius 1 is 1.32 bits per heavy atom. The third kappa shape index (κ3) is 6.16. The van der Waals surface area contributed by atoms with Gasteiger partial charge in [0.1, 0.15) is 6.04 Å². The summed E-state index contributed by atoms with van der Waals surface area (Å²) >= 11 is 0. The minimum Gasteiger partial charge on any atom is -0.480 e. The predicted octanol–water partition coefficient (Wildman–Crippen LogP) is 2.44. The summed E-state index contributed by atoms with van der Waals surface area (Å²) < 4.78 is 0. The van der Waals surface area contributed by atoms with Crippen molar-refractivity contribution in [2.24, 2.45) is 0 Å². The Balaban J connectivity index is 2.51. The fraction of sp³-hybridized carbons (Fsp3) is 0.529. The lowest BCUT2D eigenvalue weighted by atomic mass is 10.1. The molecule has 1 rings (SSSR count). The van der Waals surface area contributed by atoms with E-state index in [2.05, 4.69) is 5.32 Å². The van der Waals surface area contributed by atoms with Crippen LogP contribution in [0.15, 0.2) is 24.3 Å². The van der Waals surface area contributed by atoms with Crippen molar-refractivity contribution in [3.05, 3.63) is 29.8 Å². The van der Waals surface area contributed by atoms with E-state index in [0.29, 0.717) is 19.3 Å². The molecule has 0 aliphatic heterocycles. The van der Waals surface area contributed by atoms with Gasteiger partial charge in [-0.2, -0.15) is 0 Å². The van der Waals surface area contributed by atoms with Gasteiger partial charge in [0.15, 0.2) is 0 Å². The third-order valence-corrected chi connectivity index (χ3v) is 3.55. The normalized spacial score (nSPS) is 11.8. The summed E-state index contributed by atoms with van der Waals surface area (Å²) in [6.45, 7) is 2.00. The Bertz CT molecular complexity index is 500. The minimum absolute atomic E-state index is 0.209. The molecule has 0 fully saturated rings. The second-order valence-corrected chi connectivity index (χ2v) is 5.66. The molecule has 1 amide bonds. The number of carboxylic acids is 1. The molecule has 0 bridgehead atoms. The molecule has 1 aromatic carbocycles. The quantitative estimate of drug-likeness (QED) is 0.735. The van der Waals surface area contributed by atoms with E-state index >= 15 is 0 Å². The first-order chi connectivity index (χ1) is 10.4. The van der Waals surface area contributed by atoms with Crippen LogP contribution in [0.2, 0.25) is 0 Å². The van der Waals surface area contributed by atoms with Crippen LogP contribution in [-0.4, -0.2) is 37.1 Å². The van der Waals surface area contributed by atoms with E-state index in [-0.39, 0.29) is 5.91 Å². The van der Waals surface area contributed by atoms with Crippen LogP contribution in [0.4, 0.5) is 5.69 Å². The molecule has 0 saturated carbocycles. The second-order valence-electron chi connectivity index (χ2n) is 5.66. The standard InChI is InChI=1S/C17H26N2O3/c1-4-5-9-15(17(21)22)18-16(20)11-10-13-7-6-8-14(12-13)19(2)3/h6-8,12,15H,4-5,9-11H2,1-3H3,(H,18,20)(H,21,22). The number of aliphatic carboxylic acids is 1. The SMILES string of the molecule is CCCCC(NC(=O)CCc1cccc(N(C)C)c1)C(=O)O. The van der Waals surface area contributed by atoms with Crippen molar-refractivity contribution < 1.29 is 14.7 Å². The molecule has 0 aliphatic rings. The number of nitrogens with one attached hydrogen (secondary N) is 1. The number of carbonyl (C=O) groups is 2. The van der Waals surface area contributed by atoms with Gasteiger partial charge in [0.2, 0.25) is 5.91 Å². The summed E-state index contributed by atoms with van der Waals surface area (Å²) in [6, 6.07) is 7.21. The number of rotatable bonds is 9. The number of carboxylic acid groups (broad SMARTS) is 1. The van der Waals surface area contributed by atoms with Gasteiger partial charge in [-0.05, 0) is 30.5 Å². The van der Waals surface area contributed by atoms with Gasteiger partial charge in [-0.15, -0.1) is 0 Å². The first-order valence-corrected chi connectivity index (χ1v) is 7.72. The molecule has 22 heavy (non-hydrogen) atoms. The van der Waals surface area contributed by atoms with Crippen LogP contribution in [-0.2, 0) is 16.0 Å². The Morgan fingerprint density at radius 2 is 2.05 bits per heavy atom. The van der Waals surface area contributed by atoms with Crippen molar-refractivity contribution in [1.29, 1.82) is 0 Å². The number of amides is 1. The minimum atomic E-state index is -0.962. The Kier molecular flexibility index (Phi) is 7.43. The molecule has 2 N–H and O–H groups in total. The molecular formula is C17H26N2O3. The maximum Gasteiger partial charge on any atom is 0.326 e. The highest BCUT2D eigenvalue weighted by atomic mass is 16.4. The van der Waals surface area contributed by atoms with Gasteiger partial charge in [0.05, 0.1) is 0 Å². The fourth-order valence-electron chi connectivity index (χ4n) is 2.18. The molecule has 122 valence electrons. The van der Waals surface area contributed by atoms with Gasteiger partial charge >= 0.3 is 5.97 Å². The van der Waals surface area contributed by atoms with Crippen LogP contribution in [0.25, 0.3) is 0 Å². The van der Waals surface area contributed by atoms with Gasteiger partial charge in [-0.3, -0.25) is 4.79 Å². The molecule has 0 heterocycles. The average molecular weight is 306 g/mol. The van der Waals surface area contributed by atoms with Gasteiger partial charge in [-0.25, -0.2) is 4.79 Å². The van der Waals surface area contributed by atoms with Crippen molar-refractivity contribution in [3.63, 3.8) is 0 Å². The lowest BCUT2D eigenvalue weighted by molar-refractivity contribution is -0.142. The molecule has 1 unspecified atom stereocenters. The molecule has 0 aliphatic carbocycles. The van der Waals surface area contributed by atoms with E-state index < -0.39 is 12.0 Å². The summed E-state index contributed by atoms with van der Waals surface area (Å²) in [5.41, 5.74) is 2.16. The summed E-state index contributed by atoms with van der Waals surface area (Å²) in [5.74, 6) is -1.17. The highest BCUT2D eigenvalue weighted by molar-refractivity contribution is 5.83. The highest BCUT2D eigenvalue weighted by Gasteiger charge is 2.18. The number of nitrogens with zero attached hydrogens (tertiary/aromatic N) is 1. The molecule has 0 radical (unpaired) electrons. The van der Waals surface area contributed by atoms with Crippen LogP contribution in [0.5, 0.6) is 0 Å². The van der Waals surface area contributed by atoms with E-state index in [1.54, 1.807) is 0 Å². The third-order valence-electron chi connectivity index (χ3n) is 3.55. The van der Waals surface area contributed by atoms with Crippen molar-refractivity contribution in [3.8, 4) is 0 Å². The molecular weight excluding hydrogens is 280 g/mol. The molecule has 0 saturated heterocycles. The summed E-state index contributed by atoms with van der Waals surface area (Å²) in [7, 11) is 3.94. The molecule has 5 nitrogen and oxygen atoms in total. The lowest BCUT2D eigenvalue weighted by Crippen LogP contribution is -2.40. The fourth-order valence-corrected chi connectivity index (χ4v) is 2.18. The second kappa shape index (κ2) is 9.07. The Hall–Kier alpha value is -2.04. The molecule has 0 spiro atoms. The number of anilines is 1. The number of benzene rings is 1. The summed E-state index contributed by atoms with van der Waals surface area (Å²) in [5, 5.41) is 11.7. The summed E-state index contributed by atoms with van der Waals surface area (Å²) in [6.07, 6.45) is 3.09. The average Bonchev–Trinajstić information content (AvgIpc) is 2.49.